The fraction of sp³-hybridized carbons (Fsp3) is 0.389. The van der Waals surface area contributed by atoms with E-state index in [4.69, 9.17) is 16.3 Å². The number of benzene rings is 1. The zero-order chi connectivity index (χ0) is 18.1. The van der Waals surface area contributed by atoms with Crippen LogP contribution in [-0.2, 0) is 17.0 Å². The number of aryl methyl sites for hydroxylation is 1. The van der Waals surface area contributed by atoms with E-state index >= 15 is 0 Å². The summed E-state index contributed by atoms with van der Waals surface area (Å²) in [6.07, 6.45) is 2.09. The molecule has 2 aromatic heterocycles. The van der Waals surface area contributed by atoms with Gasteiger partial charge in [0, 0.05) is 17.7 Å². The maximum absolute atomic E-state index is 12.1. The number of aromatic amines is 1. The highest BCUT2D eigenvalue weighted by Crippen LogP contribution is 2.30. The van der Waals surface area contributed by atoms with Crippen LogP contribution in [-0.4, -0.2) is 32.5 Å². The summed E-state index contributed by atoms with van der Waals surface area (Å²) in [6, 6.07) is 7.95. The van der Waals surface area contributed by atoms with E-state index in [0.717, 1.165) is 41.6 Å². The highest BCUT2D eigenvalue weighted by atomic mass is 35.5. The number of halogens is 1. The Labute approximate surface area is 159 Å². The van der Waals surface area contributed by atoms with E-state index < -0.39 is 0 Å². The van der Waals surface area contributed by atoms with Crippen molar-refractivity contribution in [2.45, 2.75) is 43.3 Å². The molecule has 4 rings (SSSR count). The smallest absolute Gasteiger partial charge is 0.344 e. The Bertz CT molecular complexity index is 995. The molecule has 0 radical (unpaired) electrons. The molecule has 3 heterocycles. The SMILES string of the molecule is Cc1c(Cl)c(CSc2n[nH]c(=O)n2C[C@@H]2CCCO2)nc2ccccc12. The summed E-state index contributed by atoms with van der Waals surface area (Å²) in [5.74, 6) is 0.542. The minimum atomic E-state index is -0.211. The van der Waals surface area contributed by atoms with Crippen LogP contribution < -0.4 is 5.69 Å². The standard InChI is InChI=1S/C18H19ClN4O2S/c1-11-13-6-2-3-7-14(13)20-15(16(11)19)10-26-18-22-21-17(24)23(18)9-12-5-4-8-25-12/h2-3,6-7,12H,4-5,8-10H2,1H3,(H,21,24)/t12-/m0/s1. The predicted molar refractivity (Wildman–Crippen MR) is 103 cm³/mol. The Morgan fingerprint density at radius 3 is 3.08 bits per heavy atom. The topological polar surface area (TPSA) is 72.8 Å². The third-order valence-electron chi connectivity index (χ3n) is 4.62. The van der Waals surface area contributed by atoms with Crippen LogP contribution in [0.1, 0.15) is 24.1 Å². The van der Waals surface area contributed by atoms with Crippen LogP contribution in [0.3, 0.4) is 0 Å². The van der Waals surface area contributed by atoms with Gasteiger partial charge in [0.2, 0.25) is 0 Å². The van der Waals surface area contributed by atoms with Gasteiger partial charge < -0.3 is 4.74 Å². The zero-order valence-corrected chi connectivity index (χ0v) is 15.9. The lowest BCUT2D eigenvalue weighted by molar-refractivity contribution is 0.0941. The first-order chi connectivity index (χ1) is 12.6. The number of hydrogen-bond donors (Lipinski definition) is 1. The van der Waals surface area contributed by atoms with Gasteiger partial charge in [-0.1, -0.05) is 41.6 Å². The molecule has 1 fully saturated rings. The number of H-pyrrole nitrogens is 1. The maximum Gasteiger partial charge on any atom is 0.344 e. The van der Waals surface area contributed by atoms with Crippen LogP contribution in [0.5, 0.6) is 0 Å². The zero-order valence-electron chi connectivity index (χ0n) is 14.4. The molecule has 1 saturated heterocycles. The van der Waals surface area contributed by atoms with Crippen molar-refractivity contribution in [3.63, 3.8) is 0 Å². The largest absolute Gasteiger partial charge is 0.376 e. The number of nitrogens with zero attached hydrogens (tertiary/aromatic N) is 3. The molecule has 0 saturated carbocycles. The summed E-state index contributed by atoms with van der Waals surface area (Å²) in [7, 11) is 0. The first kappa shape index (κ1) is 17.6. The number of pyridine rings is 1. The van der Waals surface area contributed by atoms with Gasteiger partial charge in [0.15, 0.2) is 5.16 Å². The van der Waals surface area contributed by atoms with Gasteiger partial charge in [0.25, 0.3) is 0 Å². The molecule has 0 spiro atoms. The van der Waals surface area contributed by atoms with Crippen LogP contribution in [0, 0.1) is 6.92 Å². The molecular formula is C18H19ClN4O2S. The van der Waals surface area contributed by atoms with Crippen LogP contribution in [0.15, 0.2) is 34.2 Å². The quantitative estimate of drug-likeness (QED) is 0.674. The van der Waals surface area contributed by atoms with Crippen molar-refractivity contribution in [1.29, 1.82) is 0 Å². The normalized spacial score (nSPS) is 17.2. The van der Waals surface area contributed by atoms with Gasteiger partial charge in [0.1, 0.15) is 0 Å². The van der Waals surface area contributed by atoms with Crippen molar-refractivity contribution in [2.24, 2.45) is 0 Å². The van der Waals surface area contributed by atoms with Gasteiger partial charge in [-0.3, -0.25) is 9.55 Å². The van der Waals surface area contributed by atoms with Crippen LogP contribution >= 0.6 is 23.4 Å². The molecule has 26 heavy (non-hydrogen) atoms. The first-order valence-corrected chi connectivity index (χ1v) is 9.93. The van der Waals surface area contributed by atoms with Crippen molar-refractivity contribution < 1.29 is 4.74 Å². The number of fused-ring (bicyclic) bond motifs is 1. The minimum Gasteiger partial charge on any atom is -0.376 e. The number of hydrogen-bond acceptors (Lipinski definition) is 5. The fourth-order valence-electron chi connectivity index (χ4n) is 3.21. The molecule has 1 atom stereocenters. The van der Waals surface area contributed by atoms with E-state index in [-0.39, 0.29) is 11.8 Å². The maximum atomic E-state index is 12.1. The number of ether oxygens (including phenoxy) is 1. The average Bonchev–Trinajstić information content (AvgIpc) is 3.28. The number of thioether (sulfide) groups is 1. The lowest BCUT2D eigenvalue weighted by Crippen LogP contribution is -2.25. The number of para-hydroxylation sites is 1. The van der Waals surface area contributed by atoms with E-state index in [1.165, 1.54) is 11.8 Å². The van der Waals surface area contributed by atoms with Gasteiger partial charge >= 0.3 is 5.69 Å². The van der Waals surface area contributed by atoms with Crippen LogP contribution in [0.4, 0.5) is 0 Å². The summed E-state index contributed by atoms with van der Waals surface area (Å²) in [5, 5.41) is 9.04. The van der Waals surface area contributed by atoms with Gasteiger partial charge in [-0.2, -0.15) is 0 Å². The molecule has 1 N–H and O–H groups in total. The Hall–Kier alpha value is -1.83. The molecule has 1 aromatic carbocycles. The summed E-state index contributed by atoms with van der Waals surface area (Å²) < 4.78 is 7.28. The molecular weight excluding hydrogens is 372 g/mol. The van der Waals surface area contributed by atoms with Crippen molar-refractivity contribution in [2.75, 3.05) is 6.61 Å². The van der Waals surface area contributed by atoms with Gasteiger partial charge in [-0.15, -0.1) is 5.10 Å². The van der Waals surface area contributed by atoms with E-state index in [9.17, 15) is 4.79 Å². The molecule has 0 aliphatic carbocycles. The van der Waals surface area contributed by atoms with E-state index in [2.05, 4.69) is 15.2 Å². The first-order valence-electron chi connectivity index (χ1n) is 8.57. The summed E-state index contributed by atoms with van der Waals surface area (Å²) in [4.78, 5) is 16.8. The summed E-state index contributed by atoms with van der Waals surface area (Å²) in [5.41, 5.74) is 2.53. The Morgan fingerprint density at radius 1 is 1.42 bits per heavy atom. The number of rotatable bonds is 5. The Morgan fingerprint density at radius 2 is 2.27 bits per heavy atom. The molecule has 1 aliphatic heterocycles. The van der Waals surface area contributed by atoms with Gasteiger partial charge in [0.05, 0.1) is 28.9 Å². The molecule has 3 aromatic rings. The van der Waals surface area contributed by atoms with E-state index in [1.54, 1.807) is 4.57 Å². The third-order valence-corrected chi connectivity index (χ3v) is 6.11. The second kappa shape index (κ2) is 7.42. The number of nitrogens with one attached hydrogen (secondary N) is 1. The lowest BCUT2D eigenvalue weighted by atomic mass is 10.1. The third kappa shape index (κ3) is 3.39. The Balaban J connectivity index is 1.57. The second-order valence-electron chi connectivity index (χ2n) is 6.36. The van der Waals surface area contributed by atoms with Gasteiger partial charge in [-0.05, 0) is 31.4 Å². The average molecular weight is 391 g/mol. The Kier molecular flexibility index (Phi) is 5.02. The van der Waals surface area contributed by atoms with E-state index in [0.29, 0.717) is 22.5 Å². The molecule has 136 valence electrons. The number of aromatic nitrogens is 4. The molecule has 1 aliphatic rings. The van der Waals surface area contributed by atoms with Gasteiger partial charge in [-0.25, -0.2) is 9.89 Å². The molecule has 0 bridgehead atoms. The summed E-state index contributed by atoms with van der Waals surface area (Å²) in [6.45, 7) is 3.29. The highest BCUT2D eigenvalue weighted by molar-refractivity contribution is 7.98. The fourth-order valence-corrected chi connectivity index (χ4v) is 4.40. The summed E-state index contributed by atoms with van der Waals surface area (Å²) >= 11 is 7.98. The van der Waals surface area contributed by atoms with Crippen molar-refractivity contribution >= 4 is 34.3 Å². The minimum absolute atomic E-state index is 0.0780. The molecule has 0 unspecified atom stereocenters. The van der Waals surface area contributed by atoms with Crippen LogP contribution in [0.25, 0.3) is 10.9 Å². The predicted octanol–water partition coefficient (Wildman–Crippen LogP) is 3.55. The monoisotopic (exact) mass is 390 g/mol. The second-order valence-corrected chi connectivity index (χ2v) is 7.68. The van der Waals surface area contributed by atoms with Crippen LogP contribution in [0.2, 0.25) is 5.02 Å². The van der Waals surface area contributed by atoms with Crippen molar-refractivity contribution in [3.05, 3.63) is 51.0 Å². The molecule has 0 amide bonds. The van der Waals surface area contributed by atoms with Crippen molar-refractivity contribution in [3.8, 4) is 0 Å². The molecule has 6 nitrogen and oxygen atoms in total. The van der Waals surface area contributed by atoms with Crippen molar-refractivity contribution in [1.82, 2.24) is 19.7 Å². The highest BCUT2D eigenvalue weighted by Gasteiger charge is 2.20. The molecule has 8 heteroatoms. The van der Waals surface area contributed by atoms with E-state index in [1.807, 2.05) is 31.2 Å². The lowest BCUT2D eigenvalue weighted by Gasteiger charge is -2.12.